The van der Waals surface area contributed by atoms with Gasteiger partial charge < -0.3 is 19.4 Å². The van der Waals surface area contributed by atoms with Gasteiger partial charge in [-0.05, 0) is 26.0 Å². The Labute approximate surface area is 93.8 Å². The highest BCUT2D eigenvalue weighted by Crippen LogP contribution is 2.29. The molecule has 0 atom stereocenters. The Kier molecular flexibility index (Phi) is 3.41. The molecule has 0 aliphatic rings. The fourth-order valence-corrected chi connectivity index (χ4v) is 1.01. The zero-order chi connectivity index (χ0) is 12.2. The van der Waals surface area contributed by atoms with Crippen LogP contribution in [0.25, 0.3) is 0 Å². The van der Waals surface area contributed by atoms with Gasteiger partial charge in [0.2, 0.25) is 0 Å². The van der Waals surface area contributed by atoms with Crippen LogP contribution in [-0.2, 0) is 0 Å². The molecule has 0 saturated heterocycles. The molecule has 0 unspecified atom stereocenters. The maximum absolute atomic E-state index is 10.3. The highest BCUT2D eigenvalue weighted by molar-refractivity contribution is 5.60. The highest BCUT2D eigenvalue weighted by Gasteiger charge is 2.17. The number of rotatable bonds is 3. The summed E-state index contributed by atoms with van der Waals surface area (Å²) in [6, 6.07) is 6.33. The van der Waals surface area contributed by atoms with Crippen LogP contribution in [0.4, 0.5) is 4.79 Å². The average Bonchev–Trinajstić information content (AvgIpc) is 2.20. The number of para-hydroxylation sites is 2. The van der Waals surface area contributed by atoms with Gasteiger partial charge in [-0.1, -0.05) is 18.1 Å². The number of terminal acetylenes is 1. The van der Waals surface area contributed by atoms with Gasteiger partial charge in [0.1, 0.15) is 5.75 Å². The topological polar surface area (TPSA) is 58.6 Å². The van der Waals surface area contributed by atoms with E-state index in [9.17, 15) is 9.90 Å². The zero-order valence-electron chi connectivity index (χ0n) is 9.02. The minimum atomic E-state index is -1.64. The lowest BCUT2D eigenvalue weighted by atomic mass is 10.1. The van der Waals surface area contributed by atoms with Crippen LogP contribution in [0.5, 0.6) is 11.5 Å². The molecule has 0 aliphatic heterocycles. The van der Waals surface area contributed by atoms with Crippen molar-refractivity contribution in [3.63, 3.8) is 0 Å². The second-order valence-electron chi connectivity index (χ2n) is 3.56. The van der Waals surface area contributed by atoms with Gasteiger partial charge in [-0.2, -0.15) is 0 Å². The number of benzene rings is 1. The number of ether oxygens (including phenoxy) is 2. The number of hydrogen-bond donors (Lipinski definition) is 0. The van der Waals surface area contributed by atoms with Crippen LogP contribution in [0.1, 0.15) is 13.8 Å². The summed E-state index contributed by atoms with van der Waals surface area (Å²) in [7, 11) is 0. The van der Waals surface area contributed by atoms with Crippen LogP contribution in [0.3, 0.4) is 0 Å². The molecule has 0 amide bonds. The van der Waals surface area contributed by atoms with E-state index in [-0.39, 0.29) is 11.5 Å². The molecule has 0 heterocycles. The minimum Gasteiger partial charge on any atom is -0.510 e. The number of hydrogen-bond acceptors (Lipinski definition) is 4. The van der Waals surface area contributed by atoms with Gasteiger partial charge in [0.05, 0.1) is 5.75 Å². The van der Waals surface area contributed by atoms with Crippen molar-refractivity contribution >= 4 is 6.16 Å². The Morgan fingerprint density at radius 2 is 1.94 bits per heavy atom. The van der Waals surface area contributed by atoms with Crippen molar-refractivity contribution in [2.24, 2.45) is 0 Å². The quantitative estimate of drug-likeness (QED) is 0.435. The Bertz CT molecular complexity index is 429. The van der Waals surface area contributed by atoms with Crippen molar-refractivity contribution in [3.8, 4) is 23.8 Å². The second-order valence-corrected chi connectivity index (χ2v) is 3.56. The van der Waals surface area contributed by atoms with E-state index in [0.717, 1.165) is 0 Å². The molecule has 84 valence electrons. The molecule has 4 heteroatoms. The van der Waals surface area contributed by atoms with Crippen molar-refractivity contribution in [1.82, 2.24) is 0 Å². The molecule has 0 aromatic heterocycles. The molecule has 1 aromatic rings. The molecule has 16 heavy (non-hydrogen) atoms. The van der Waals surface area contributed by atoms with Gasteiger partial charge in [0, 0.05) is 0 Å². The van der Waals surface area contributed by atoms with Crippen LogP contribution in [0.2, 0.25) is 0 Å². The summed E-state index contributed by atoms with van der Waals surface area (Å²) < 4.78 is 9.88. The lowest BCUT2D eigenvalue weighted by molar-refractivity contribution is -0.271. The predicted molar refractivity (Wildman–Crippen MR) is 56.0 cm³/mol. The average molecular weight is 219 g/mol. The summed E-state index contributed by atoms with van der Waals surface area (Å²) in [5, 5.41) is 10.3. The van der Waals surface area contributed by atoms with Crippen LogP contribution >= 0.6 is 0 Å². The van der Waals surface area contributed by atoms with Gasteiger partial charge in [-0.3, -0.25) is 0 Å². The first-order chi connectivity index (χ1) is 7.44. The van der Waals surface area contributed by atoms with E-state index in [0.29, 0.717) is 0 Å². The highest BCUT2D eigenvalue weighted by atomic mass is 16.7. The van der Waals surface area contributed by atoms with E-state index < -0.39 is 11.8 Å². The maximum atomic E-state index is 10.3. The maximum Gasteiger partial charge on any atom is 0.257 e. The lowest BCUT2D eigenvalue weighted by Crippen LogP contribution is -2.28. The molecule has 0 saturated carbocycles. The third kappa shape index (κ3) is 3.21. The monoisotopic (exact) mass is 219 g/mol. The molecule has 0 spiro atoms. The Morgan fingerprint density at radius 3 is 2.44 bits per heavy atom. The normalized spacial score (nSPS) is 10.3. The summed E-state index contributed by atoms with van der Waals surface area (Å²) in [6.07, 6.45) is 3.62. The molecule has 0 bridgehead atoms. The summed E-state index contributed by atoms with van der Waals surface area (Å²) in [6.45, 7) is 3.37. The molecular weight excluding hydrogens is 208 g/mol. The first kappa shape index (κ1) is 11.9. The van der Waals surface area contributed by atoms with E-state index in [2.05, 4.69) is 10.7 Å². The fraction of sp³-hybridized carbons (Fsp3) is 0.250. The van der Waals surface area contributed by atoms with Crippen molar-refractivity contribution in [1.29, 1.82) is 0 Å². The molecule has 0 N–H and O–H groups in total. The minimum absolute atomic E-state index is 0.0609. The second kappa shape index (κ2) is 4.58. The van der Waals surface area contributed by atoms with E-state index in [1.54, 1.807) is 32.0 Å². The Hall–Kier alpha value is -2.15. The molecule has 1 rings (SSSR count). The predicted octanol–water partition coefficient (Wildman–Crippen LogP) is 1.20. The zero-order valence-corrected chi connectivity index (χ0v) is 9.02. The summed E-state index contributed by atoms with van der Waals surface area (Å²) in [4.78, 5) is 10.3. The fourth-order valence-electron chi connectivity index (χ4n) is 1.01. The first-order valence-electron chi connectivity index (χ1n) is 4.59. The lowest BCUT2D eigenvalue weighted by Gasteiger charge is -2.23. The molecular formula is C12H11O4-. The molecule has 4 nitrogen and oxygen atoms in total. The van der Waals surface area contributed by atoms with E-state index in [4.69, 9.17) is 11.2 Å². The van der Waals surface area contributed by atoms with Crippen LogP contribution in [-0.4, -0.2) is 11.8 Å². The molecule has 0 fully saturated rings. The number of carbonyl (C=O) groups excluding carboxylic acids is 1. The molecule has 0 aliphatic carbocycles. The van der Waals surface area contributed by atoms with E-state index >= 15 is 0 Å². The van der Waals surface area contributed by atoms with Gasteiger partial charge in [-0.15, -0.1) is 6.42 Å². The Balaban J connectivity index is 2.96. The van der Waals surface area contributed by atoms with Crippen molar-refractivity contribution in [2.45, 2.75) is 19.4 Å². The van der Waals surface area contributed by atoms with Crippen molar-refractivity contribution in [2.75, 3.05) is 0 Å². The van der Waals surface area contributed by atoms with Crippen LogP contribution in [0.15, 0.2) is 24.3 Å². The van der Waals surface area contributed by atoms with Crippen LogP contribution < -0.4 is 14.6 Å². The summed E-state index contributed by atoms with van der Waals surface area (Å²) in [5.74, 6) is 2.75. The number of carbonyl (C=O) groups is 1. The third-order valence-corrected chi connectivity index (χ3v) is 1.76. The standard InChI is InChI=1S/C12H12O4/c1-4-12(2,3)16-10-8-6-5-7-9(10)15-11(13)14/h1,5-8H,2-3H3,(H,13,14)/p-1. The van der Waals surface area contributed by atoms with Gasteiger partial charge in [0.15, 0.2) is 5.60 Å². The van der Waals surface area contributed by atoms with E-state index in [1.807, 2.05) is 0 Å². The van der Waals surface area contributed by atoms with Gasteiger partial charge in [-0.25, -0.2) is 0 Å². The third-order valence-electron chi connectivity index (χ3n) is 1.76. The molecule has 1 aromatic carbocycles. The van der Waals surface area contributed by atoms with Crippen LogP contribution in [0, 0.1) is 12.3 Å². The number of carboxylic acid groups (broad SMARTS) is 1. The SMILES string of the molecule is C#CC(C)(C)Oc1ccccc1OC(=O)[O-]. The summed E-state index contributed by atoms with van der Waals surface area (Å²) >= 11 is 0. The van der Waals surface area contributed by atoms with Crippen molar-refractivity contribution in [3.05, 3.63) is 24.3 Å². The smallest absolute Gasteiger partial charge is 0.257 e. The Morgan fingerprint density at radius 1 is 1.38 bits per heavy atom. The van der Waals surface area contributed by atoms with E-state index in [1.165, 1.54) is 6.07 Å². The largest absolute Gasteiger partial charge is 0.510 e. The van der Waals surface area contributed by atoms with Gasteiger partial charge >= 0.3 is 0 Å². The molecule has 0 radical (unpaired) electrons. The van der Waals surface area contributed by atoms with Gasteiger partial charge in [0.25, 0.3) is 6.16 Å². The first-order valence-corrected chi connectivity index (χ1v) is 4.59. The summed E-state index contributed by atoms with van der Waals surface area (Å²) in [5.41, 5.74) is -0.842. The van der Waals surface area contributed by atoms with Crippen molar-refractivity contribution < 1.29 is 19.4 Å².